The Morgan fingerprint density at radius 2 is 1.42 bits per heavy atom. The zero-order valence-electron chi connectivity index (χ0n) is 32.6. The smallest absolute Gasteiger partial charge is 0.337 e. The number of nitrogens with zero attached hydrogens (tertiary/aromatic N) is 4. The maximum Gasteiger partial charge on any atom is 0.337 e. The second-order valence-electron chi connectivity index (χ2n) is 14.0. The number of benzene rings is 5. The molecule has 0 fully saturated rings. The highest BCUT2D eigenvalue weighted by Gasteiger charge is 2.35. The van der Waals surface area contributed by atoms with Crippen molar-refractivity contribution in [3.05, 3.63) is 146 Å². The minimum absolute atomic E-state index is 0.0276. The standard InChI is InChI=1S/C40H27N7O15S3/c1-47-26-15-13-24(29-30(26)28(20-9-2-3-10-21(20)34(29)49)31(36(47)50)33(48)18-7-6-8-19(17-18)63(54,55)56)41-25-14-16-27(64(57,58)59)32(35(25)65(60,61)62)43-39-44-38(45-40(53)46-39)42-23-12-5-4-11-22(23)37(51)52/h2-17,41H,1H3,(H,51,52)(H,54,55,56)(H,57,58,59)(H,60,61,62)(H3,42,43,44,45,46,53). The number of aryl methyl sites for hydroxylation is 1. The Labute approximate surface area is 363 Å². The van der Waals surface area contributed by atoms with Crippen molar-refractivity contribution in [3.63, 3.8) is 0 Å². The molecule has 0 saturated carbocycles. The molecule has 0 bridgehead atoms. The Hall–Kier alpha value is -7.94. The Bertz CT molecular complexity index is 3860. The van der Waals surface area contributed by atoms with Gasteiger partial charge in [-0.25, -0.2) is 14.8 Å². The van der Waals surface area contributed by atoms with E-state index in [0.29, 0.717) is 6.07 Å². The van der Waals surface area contributed by atoms with Crippen molar-refractivity contribution < 1.29 is 63.5 Å². The summed E-state index contributed by atoms with van der Waals surface area (Å²) in [4.78, 5) is 67.9. The SMILES string of the molecule is Cn1c(=O)c(C(=O)c2cccc(S(=O)(=O)O)c2)c2c3c(c(Nc4ccc(S(=O)(=O)O)c(N=c5[nH]c(O)nc(=Nc6ccccc6C(=O)O)[nH]5)c4S(=O)(=O)O)ccc31)C(=O)c1ccccc1-2. The lowest BCUT2D eigenvalue weighted by Gasteiger charge is -2.26. The van der Waals surface area contributed by atoms with E-state index in [2.05, 4.69) is 30.3 Å². The third-order valence-corrected chi connectivity index (χ3v) is 12.7. The fourth-order valence-electron chi connectivity index (χ4n) is 7.29. The molecule has 5 aromatic carbocycles. The van der Waals surface area contributed by atoms with Crippen LogP contribution in [-0.4, -0.2) is 86.2 Å². The van der Waals surface area contributed by atoms with Gasteiger partial charge in [-0.1, -0.05) is 48.5 Å². The number of H-pyrrole nitrogens is 2. The molecular formula is C40H27N7O15S3. The summed E-state index contributed by atoms with van der Waals surface area (Å²) in [5.41, 5.74) is -5.73. The van der Waals surface area contributed by atoms with Crippen molar-refractivity contribution in [2.24, 2.45) is 17.0 Å². The van der Waals surface area contributed by atoms with E-state index in [9.17, 15) is 68.3 Å². The van der Waals surface area contributed by atoms with Crippen LogP contribution >= 0.6 is 0 Å². The number of fused-ring (bicyclic) bond motifs is 2. The van der Waals surface area contributed by atoms with E-state index in [0.717, 1.165) is 22.8 Å². The first-order chi connectivity index (χ1) is 30.5. The number of carboxylic acid groups (broad SMARTS) is 1. The first-order valence-electron chi connectivity index (χ1n) is 18.2. The highest BCUT2D eigenvalue weighted by Crippen LogP contribution is 2.45. The Kier molecular flexibility index (Phi) is 10.6. The van der Waals surface area contributed by atoms with Gasteiger partial charge < -0.3 is 20.1 Å². The van der Waals surface area contributed by atoms with E-state index >= 15 is 0 Å². The predicted octanol–water partition coefficient (Wildman–Crippen LogP) is 3.38. The summed E-state index contributed by atoms with van der Waals surface area (Å²) in [6.07, 6.45) is 0. The van der Waals surface area contributed by atoms with Crippen LogP contribution in [0.3, 0.4) is 0 Å². The van der Waals surface area contributed by atoms with Gasteiger partial charge in [-0.3, -0.25) is 38.0 Å². The van der Waals surface area contributed by atoms with E-state index in [1.54, 1.807) is 0 Å². The number of aromatic nitrogens is 4. The topological polar surface area (TPSA) is 358 Å². The Balaban J connectivity index is 1.39. The maximum atomic E-state index is 14.6. The molecule has 22 nitrogen and oxygen atoms in total. The van der Waals surface area contributed by atoms with E-state index < -0.39 is 102 Å². The summed E-state index contributed by atoms with van der Waals surface area (Å²) in [7, 11) is -14.5. The van der Waals surface area contributed by atoms with Gasteiger partial charge in [0.25, 0.3) is 41.9 Å². The van der Waals surface area contributed by atoms with Crippen LogP contribution in [0, 0.1) is 0 Å². The van der Waals surface area contributed by atoms with Crippen LogP contribution in [0.15, 0.2) is 127 Å². The number of hydrogen-bond donors (Lipinski definition) is 8. The fraction of sp³-hybridized carbons (Fsp3) is 0.0250. The lowest BCUT2D eigenvalue weighted by Crippen LogP contribution is -2.29. The quantitative estimate of drug-likeness (QED) is 0.0719. The van der Waals surface area contributed by atoms with Gasteiger partial charge in [0, 0.05) is 29.1 Å². The summed E-state index contributed by atoms with van der Waals surface area (Å²) in [5.74, 6) is -3.11. The van der Waals surface area contributed by atoms with Crippen LogP contribution in [-0.2, 0) is 37.4 Å². The summed E-state index contributed by atoms with van der Waals surface area (Å²) in [6, 6.07) is 18.6. The van der Waals surface area contributed by atoms with E-state index in [1.807, 2.05) is 0 Å². The molecule has 0 spiro atoms. The molecule has 7 aromatic rings. The van der Waals surface area contributed by atoms with Gasteiger partial charge in [-0.15, -0.1) is 0 Å². The minimum Gasteiger partial charge on any atom is -0.480 e. The highest BCUT2D eigenvalue weighted by molar-refractivity contribution is 7.87. The first-order valence-corrected chi connectivity index (χ1v) is 22.5. The van der Waals surface area contributed by atoms with Gasteiger partial charge in [0.2, 0.25) is 11.2 Å². The zero-order chi connectivity index (χ0) is 46.9. The number of rotatable bonds is 10. The average Bonchev–Trinajstić information content (AvgIpc) is 3.23. The highest BCUT2D eigenvalue weighted by atomic mass is 32.2. The molecule has 0 atom stereocenters. The van der Waals surface area contributed by atoms with Crippen LogP contribution in [0.5, 0.6) is 6.01 Å². The van der Waals surface area contributed by atoms with Gasteiger partial charge in [-0.2, -0.15) is 30.2 Å². The second-order valence-corrected chi connectivity index (χ2v) is 18.1. The molecule has 0 saturated heterocycles. The van der Waals surface area contributed by atoms with Crippen LogP contribution in [0.4, 0.5) is 22.7 Å². The number of anilines is 2. The lowest BCUT2D eigenvalue weighted by molar-refractivity contribution is 0.0697. The van der Waals surface area contributed by atoms with Gasteiger partial charge in [0.05, 0.1) is 44.2 Å². The van der Waals surface area contributed by atoms with E-state index in [4.69, 9.17) is 0 Å². The molecule has 330 valence electrons. The van der Waals surface area contributed by atoms with Crippen LogP contribution in [0.25, 0.3) is 22.0 Å². The molecule has 0 amide bonds. The van der Waals surface area contributed by atoms with Crippen LogP contribution in [0.1, 0.15) is 42.2 Å². The first kappa shape index (κ1) is 43.7. The van der Waals surface area contributed by atoms with E-state index in [1.165, 1.54) is 79.8 Å². The summed E-state index contributed by atoms with van der Waals surface area (Å²) < 4.78 is 108. The number of carbonyl (C=O) groups is 3. The predicted molar refractivity (Wildman–Crippen MR) is 226 cm³/mol. The molecule has 25 heteroatoms. The fourth-order valence-corrected chi connectivity index (χ4v) is 9.31. The molecule has 8 N–H and O–H groups in total. The molecule has 1 aliphatic rings. The number of hydrogen-bond acceptors (Lipinski definition) is 15. The van der Waals surface area contributed by atoms with Crippen LogP contribution < -0.4 is 22.1 Å². The van der Waals surface area contributed by atoms with Crippen molar-refractivity contribution in [1.29, 1.82) is 0 Å². The van der Waals surface area contributed by atoms with Crippen molar-refractivity contribution in [3.8, 4) is 17.1 Å². The molecule has 65 heavy (non-hydrogen) atoms. The molecule has 8 rings (SSSR count). The monoisotopic (exact) mass is 941 g/mol. The largest absolute Gasteiger partial charge is 0.480 e. The van der Waals surface area contributed by atoms with Crippen molar-refractivity contribution in [2.75, 3.05) is 5.32 Å². The molecule has 0 aliphatic heterocycles. The number of aromatic hydroxyl groups is 1. The number of aromatic amines is 2. The number of carboxylic acids is 1. The molecule has 2 aromatic heterocycles. The number of aromatic carboxylic acids is 1. The number of pyridine rings is 1. The van der Waals surface area contributed by atoms with Gasteiger partial charge in [0.15, 0.2) is 11.6 Å². The second kappa shape index (κ2) is 15.7. The van der Waals surface area contributed by atoms with Crippen molar-refractivity contribution >= 4 is 81.5 Å². The molecule has 1 aliphatic carbocycles. The number of ketones is 2. The molecule has 0 radical (unpaired) electrons. The molecule has 2 heterocycles. The zero-order valence-corrected chi connectivity index (χ0v) is 35.0. The van der Waals surface area contributed by atoms with Gasteiger partial charge in [-0.05, 0) is 54.1 Å². The summed E-state index contributed by atoms with van der Waals surface area (Å²) in [5, 5.41) is 22.7. The van der Waals surface area contributed by atoms with Crippen molar-refractivity contribution in [1.82, 2.24) is 19.5 Å². The summed E-state index contributed by atoms with van der Waals surface area (Å²) >= 11 is 0. The normalized spacial score (nSPS) is 13.2. The Morgan fingerprint density at radius 1 is 0.738 bits per heavy atom. The third kappa shape index (κ3) is 7.89. The van der Waals surface area contributed by atoms with Crippen LogP contribution in [0.2, 0.25) is 0 Å². The number of carbonyl (C=O) groups excluding carboxylic acids is 2. The van der Waals surface area contributed by atoms with Gasteiger partial charge >= 0.3 is 5.97 Å². The van der Waals surface area contributed by atoms with E-state index in [-0.39, 0.29) is 55.7 Å². The van der Waals surface area contributed by atoms with Gasteiger partial charge in [0.1, 0.15) is 15.5 Å². The lowest BCUT2D eigenvalue weighted by atomic mass is 9.80. The molecule has 0 unspecified atom stereocenters. The maximum absolute atomic E-state index is 14.6. The Morgan fingerprint density at radius 3 is 2.09 bits per heavy atom. The summed E-state index contributed by atoms with van der Waals surface area (Å²) in [6.45, 7) is 0. The van der Waals surface area contributed by atoms with Crippen molar-refractivity contribution in [2.45, 2.75) is 14.7 Å². The number of nitrogens with one attached hydrogen (secondary N) is 3. The molecular weight excluding hydrogens is 915 g/mol. The average molecular weight is 942 g/mol. The minimum atomic E-state index is -5.63. The third-order valence-electron chi connectivity index (χ3n) is 10.0. The number of para-hydroxylation sites is 1.